The van der Waals surface area contributed by atoms with Crippen LogP contribution < -0.4 is 10.7 Å². The van der Waals surface area contributed by atoms with Crippen LogP contribution in [-0.4, -0.2) is 27.7 Å². The molecule has 30 heavy (non-hydrogen) atoms. The summed E-state index contributed by atoms with van der Waals surface area (Å²) >= 11 is 5.92. The van der Waals surface area contributed by atoms with Gasteiger partial charge in [-0.3, -0.25) is 9.59 Å². The molecule has 0 atom stereocenters. The molecule has 0 radical (unpaired) electrons. The summed E-state index contributed by atoms with van der Waals surface area (Å²) in [6.07, 6.45) is 0. The molecule has 7 nitrogen and oxygen atoms in total. The van der Waals surface area contributed by atoms with Crippen LogP contribution in [0, 0.1) is 0 Å². The van der Waals surface area contributed by atoms with Gasteiger partial charge in [0, 0.05) is 16.3 Å². The van der Waals surface area contributed by atoms with Crippen molar-refractivity contribution in [3.8, 4) is 11.5 Å². The van der Waals surface area contributed by atoms with Crippen LogP contribution in [0.1, 0.15) is 33.2 Å². The zero-order valence-corrected chi connectivity index (χ0v) is 16.6. The number of phenolic OH excluding ortho intramolecular Hbond substituents is 2. The second-order valence-corrected chi connectivity index (χ2v) is 6.82. The van der Waals surface area contributed by atoms with Gasteiger partial charge in [0.2, 0.25) is 0 Å². The smallest absolute Gasteiger partial charge is 0.275 e. The number of carbonyl (C=O) groups excluding carboxylic acids is 2. The van der Waals surface area contributed by atoms with Gasteiger partial charge in [-0.15, -0.1) is 0 Å². The average molecular weight is 424 g/mol. The van der Waals surface area contributed by atoms with Gasteiger partial charge in [-0.05, 0) is 61.0 Å². The number of benzene rings is 3. The minimum absolute atomic E-state index is 0.103. The molecule has 8 heteroatoms. The van der Waals surface area contributed by atoms with Crippen molar-refractivity contribution in [1.82, 2.24) is 5.43 Å². The molecule has 0 unspecified atom stereocenters. The molecule has 0 aliphatic heterocycles. The van der Waals surface area contributed by atoms with E-state index in [0.29, 0.717) is 27.5 Å². The largest absolute Gasteiger partial charge is 0.508 e. The predicted molar refractivity (Wildman–Crippen MR) is 115 cm³/mol. The Bertz CT molecular complexity index is 1140. The molecular weight excluding hydrogens is 406 g/mol. The first-order valence-electron chi connectivity index (χ1n) is 8.87. The molecule has 152 valence electrons. The van der Waals surface area contributed by atoms with Crippen molar-refractivity contribution in [2.75, 3.05) is 5.32 Å². The Morgan fingerprint density at radius 1 is 0.900 bits per heavy atom. The molecule has 0 saturated heterocycles. The predicted octanol–water partition coefficient (Wildman–Crippen LogP) is 4.16. The second kappa shape index (κ2) is 9.11. The van der Waals surface area contributed by atoms with Gasteiger partial charge in [0.1, 0.15) is 11.5 Å². The molecule has 0 heterocycles. The van der Waals surface area contributed by atoms with E-state index in [1.54, 1.807) is 55.5 Å². The lowest BCUT2D eigenvalue weighted by molar-refractivity contribution is 0.0951. The maximum absolute atomic E-state index is 12.4. The second-order valence-electron chi connectivity index (χ2n) is 6.38. The molecule has 0 fully saturated rings. The number of anilines is 1. The van der Waals surface area contributed by atoms with E-state index in [4.69, 9.17) is 11.6 Å². The monoisotopic (exact) mass is 423 g/mol. The summed E-state index contributed by atoms with van der Waals surface area (Å²) in [5.41, 5.74) is 4.34. The van der Waals surface area contributed by atoms with Crippen LogP contribution in [0.5, 0.6) is 11.5 Å². The van der Waals surface area contributed by atoms with Crippen molar-refractivity contribution in [3.63, 3.8) is 0 Å². The van der Waals surface area contributed by atoms with Gasteiger partial charge in [-0.1, -0.05) is 29.8 Å². The number of hydrogen-bond donors (Lipinski definition) is 4. The number of hydrogen-bond acceptors (Lipinski definition) is 5. The lowest BCUT2D eigenvalue weighted by Crippen LogP contribution is -2.19. The van der Waals surface area contributed by atoms with Gasteiger partial charge >= 0.3 is 0 Å². The van der Waals surface area contributed by atoms with Crippen LogP contribution in [0.15, 0.2) is 71.8 Å². The van der Waals surface area contributed by atoms with Gasteiger partial charge in [0.25, 0.3) is 11.8 Å². The number of nitrogens with one attached hydrogen (secondary N) is 2. The zero-order chi connectivity index (χ0) is 21.7. The fourth-order valence-electron chi connectivity index (χ4n) is 2.62. The van der Waals surface area contributed by atoms with E-state index in [1.165, 1.54) is 12.1 Å². The van der Waals surface area contributed by atoms with Crippen molar-refractivity contribution in [2.45, 2.75) is 6.92 Å². The third-order valence-electron chi connectivity index (χ3n) is 4.17. The topological polar surface area (TPSA) is 111 Å². The molecule has 3 aromatic rings. The Kier molecular flexibility index (Phi) is 6.34. The highest BCUT2D eigenvalue weighted by Crippen LogP contribution is 2.22. The van der Waals surface area contributed by atoms with Gasteiger partial charge in [0.15, 0.2) is 0 Å². The van der Waals surface area contributed by atoms with Gasteiger partial charge in [0.05, 0.1) is 11.3 Å². The molecule has 4 N–H and O–H groups in total. The van der Waals surface area contributed by atoms with E-state index >= 15 is 0 Å². The Morgan fingerprint density at radius 3 is 2.40 bits per heavy atom. The van der Waals surface area contributed by atoms with Crippen molar-refractivity contribution in [3.05, 3.63) is 88.4 Å². The quantitative estimate of drug-likeness (QED) is 0.280. The molecule has 0 aliphatic rings. The van der Waals surface area contributed by atoms with Crippen LogP contribution in [0.4, 0.5) is 5.69 Å². The van der Waals surface area contributed by atoms with Crippen molar-refractivity contribution in [2.24, 2.45) is 5.10 Å². The number of hydrazone groups is 1. The lowest BCUT2D eigenvalue weighted by Gasteiger charge is -2.08. The summed E-state index contributed by atoms with van der Waals surface area (Å²) in [5.74, 6) is -1.41. The minimum Gasteiger partial charge on any atom is -0.508 e. The number of amides is 2. The lowest BCUT2D eigenvalue weighted by atomic mass is 10.1. The van der Waals surface area contributed by atoms with E-state index < -0.39 is 5.91 Å². The van der Waals surface area contributed by atoms with E-state index in [2.05, 4.69) is 15.8 Å². The van der Waals surface area contributed by atoms with Crippen molar-refractivity contribution >= 4 is 34.8 Å². The third-order valence-corrected chi connectivity index (χ3v) is 4.41. The summed E-state index contributed by atoms with van der Waals surface area (Å²) in [4.78, 5) is 24.6. The summed E-state index contributed by atoms with van der Waals surface area (Å²) in [6.45, 7) is 1.68. The summed E-state index contributed by atoms with van der Waals surface area (Å²) < 4.78 is 0. The molecule has 0 aliphatic carbocycles. The first kappa shape index (κ1) is 20.9. The summed E-state index contributed by atoms with van der Waals surface area (Å²) in [5, 5.41) is 26.5. The first-order valence-corrected chi connectivity index (χ1v) is 9.25. The molecule has 3 aromatic carbocycles. The van der Waals surface area contributed by atoms with Gasteiger partial charge in [-0.25, -0.2) is 5.43 Å². The van der Waals surface area contributed by atoms with Crippen LogP contribution in [-0.2, 0) is 0 Å². The van der Waals surface area contributed by atoms with E-state index in [-0.39, 0.29) is 23.0 Å². The standard InChI is InChI=1S/C22H18ClN3O4/c1-13(25-26-22(30)19-12-18(27)8-9-20(19)28)14-4-3-7-17(11-14)24-21(29)15-5-2-6-16(23)10-15/h2-12,27-28H,1H3,(H,24,29)(H,26,30). The Labute approximate surface area is 177 Å². The highest BCUT2D eigenvalue weighted by molar-refractivity contribution is 6.31. The summed E-state index contributed by atoms with van der Waals surface area (Å²) in [7, 11) is 0. The maximum Gasteiger partial charge on any atom is 0.275 e. The first-order chi connectivity index (χ1) is 14.3. The van der Waals surface area contributed by atoms with Crippen molar-refractivity contribution in [1.29, 1.82) is 0 Å². The van der Waals surface area contributed by atoms with Gasteiger partial charge in [-0.2, -0.15) is 5.10 Å². The molecule has 0 bridgehead atoms. The molecule has 0 spiro atoms. The number of aromatic hydroxyl groups is 2. The number of carbonyl (C=O) groups is 2. The number of rotatable bonds is 5. The fraction of sp³-hybridized carbons (Fsp3) is 0.0455. The zero-order valence-electron chi connectivity index (χ0n) is 15.9. The van der Waals surface area contributed by atoms with Crippen LogP contribution in [0.25, 0.3) is 0 Å². The minimum atomic E-state index is -0.673. The highest BCUT2D eigenvalue weighted by Gasteiger charge is 2.12. The Hall–Kier alpha value is -3.84. The number of phenols is 2. The van der Waals surface area contributed by atoms with Crippen LogP contribution >= 0.6 is 11.6 Å². The van der Waals surface area contributed by atoms with Crippen LogP contribution in [0.2, 0.25) is 5.02 Å². The molecular formula is C22H18ClN3O4. The number of nitrogens with zero attached hydrogens (tertiary/aromatic N) is 1. The Balaban J connectivity index is 1.72. The van der Waals surface area contributed by atoms with E-state index in [1.807, 2.05) is 0 Å². The van der Waals surface area contributed by atoms with Gasteiger partial charge < -0.3 is 15.5 Å². The molecule has 0 aromatic heterocycles. The third kappa shape index (κ3) is 5.15. The molecule has 3 rings (SSSR count). The van der Waals surface area contributed by atoms with Crippen LogP contribution in [0.3, 0.4) is 0 Å². The molecule has 2 amide bonds. The molecule has 0 saturated carbocycles. The number of halogens is 1. The Morgan fingerprint density at radius 2 is 1.63 bits per heavy atom. The summed E-state index contributed by atoms with van der Waals surface area (Å²) in [6, 6.07) is 17.2. The average Bonchev–Trinajstić information content (AvgIpc) is 2.73. The van der Waals surface area contributed by atoms with E-state index in [9.17, 15) is 19.8 Å². The van der Waals surface area contributed by atoms with Crippen molar-refractivity contribution < 1.29 is 19.8 Å². The highest BCUT2D eigenvalue weighted by atomic mass is 35.5. The normalized spacial score (nSPS) is 11.1. The fourth-order valence-corrected chi connectivity index (χ4v) is 2.81. The van der Waals surface area contributed by atoms with E-state index in [0.717, 1.165) is 6.07 Å². The SMILES string of the molecule is CC(=NNC(=O)c1cc(O)ccc1O)c1cccc(NC(=O)c2cccc(Cl)c2)c1. The maximum atomic E-state index is 12.4.